The number of thiazole rings is 1. The van der Waals surface area contributed by atoms with E-state index in [-0.39, 0.29) is 11.8 Å². The van der Waals surface area contributed by atoms with E-state index >= 15 is 0 Å². The van der Waals surface area contributed by atoms with Gasteiger partial charge >= 0.3 is 0 Å². The Morgan fingerprint density at radius 1 is 1.32 bits per heavy atom. The molecule has 0 radical (unpaired) electrons. The molecule has 0 spiro atoms. The van der Waals surface area contributed by atoms with Crippen LogP contribution >= 0.6 is 11.3 Å². The van der Waals surface area contributed by atoms with Gasteiger partial charge in [-0.25, -0.2) is 0 Å². The van der Waals surface area contributed by atoms with Crippen molar-refractivity contribution >= 4 is 17.2 Å². The number of benzene rings is 1. The number of carbonyl (C=O) groups excluding carboxylic acids is 1. The third-order valence-corrected chi connectivity index (χ3v) is 4.70. The molecule has 1 fully saturated rings. The summed E-state index contributed by atoms with van der Waals surface area (Å²) >= 11 is 1.51. The molecule has 1 aliphatic heterocycles. The highest BCUT2D eigenvalue weighted by Gasteiger charge is 2.21. The van der Waals surface area contributed by atoms with Gasteiger partial charge in [-0.05, 0) is 25.3 Å². The highest BCUT2D eigenvalue weighted by Crippen LogP contribution is 2.16. The van der Waals surface area contributed by atoms with Crippen molar-refractivity contribution in [3.63, 3.8) is 0 Å². The second-order valence-corrected chi connectivity index (χ2v) is 6.51. The third-order valence-electron chi connectivity index (χ3n) is 3.91. The lowest BCUT2D eigenvalue weighted by Crippen LogP contribution is -2.25. The molecule has 0 bridgehead atoms. The maximum Gasteiger partial charge on any atom is 0.251 e. The molecule has 1 aromatic carbocycles. The molecule has 2 heterocycles. The molecule has 5 heteroatoms. The van der Waals surface area contributed by atoms with Gasteiger partial charge in [0.1, 0.15) is 0 Å². The molecule has 22 heavy (non-hydrogen) atoms. The first-order valence-electron chi connectivity index (χ1n) is 7.58. The first kappa shape index (κ1) is 15.2. The predicted octanol–water partition coefficient (Wildman–Crippen LogP) is 2.76. The largest absolute Gasteiger partial charge is 0.381 e. The van der Waals surface area contributed by atoms with Crippen LogP contribution in [-0.4, -0.2) is 23.7 Å². The molecular formula is C17H20N2O2S. The van der Waals surface area contributed by atoms with Gasteiger partial charge in [-0.3, -0.25) is 4.79 Å². The number of ether oxygens (including phenoxy) is 1. The van der Waals surface area contributed by atoms with E-state index in [2.05, 4.69) is 36.2 Å². The summed E-state index contributed by atoms with van der Waals surface area (Å²) in [7, 11) is 0. The Hall–Kier alpha value is -1.72. The Bertz CT molecular complexity index is 694. The van der Waals surface area contributed by atoms with E-state index in [1.165, 1.54) is 22.5 Å². The molecule has 0 atom stereocenters. The minimum Gasteiger partial charge on any atom is -0.381 e. The van der Waals surface area contributed by atoms with Crippen molar-refractivity contribution in [3.05, 3.63) is 51.8 Å². The number of aryl methyl sites for hydroxylation is 1. The van der Waals surface area contributed by atoms with Crippen LogP contribution in [0.25, 0.3) is 0 Å². The molecule has 1 aromatic heterocycles. The van der Waals surface area contributed by atoms with E-state index in [0.717, 1.165) is 24.2 Å². The lowest BCUT2D eigenvalue weighted by molar-refractivity contribution is -0.124. The normalized spacial score (nSPS) is 16.9. The predicted molar refractivity (Wildman–Crippen MR) is 86.7 cm³/mol. The van der Waals surface area contributed by atoms with Crippen molar-refractivity contribution in [2.75, 3.05) is 13.2 Å². The zero-order valence-corrected chi connectivity index (χ0v) is 13.5. The van der Waals surface area contributed by atoms with Crippen LogP contribution in [0.2, 0.25) is 0 Å². The molecule has 1 aliphatic rings. The first-order valence-corrected chi connectivity index (χ1v) is 8.46. The fraction of sp³-hybridized carbons (Fsp3) is 0.412. The maximum absolute atomic E-state index is 12.3. The van der Waals surface area contributed by atoms with Crippen molar-refractivity contribution in [1.82, 2.24) is 4.57 Å². The van der Waals surface area contributed by atoms with Gasteiger partial charge in [0.2, 0.25) is 0 Å². The van der Waals surface area contributed by atoms with Gasteiger partial charge in [0.25, 0.3) is 5.91 Å². The average molecular weight is 316 g/mol. The van der Waals surface area contributed by atoms with E-state index in [0.29, 0.717) is 13.2 Å². The number of hydrogen-bond acceptors (Lipinski definition) is 3. The fourth-order valence-corrected chi connectivity index (χ4v) is 3.26. The van der Waals surface area contributed by atoms with E-state index in [9.17, 15) is 4.79 Å². The molecule has 0 aliphatic carbocycles. The quantitative estimate of drug-likeness (QED) is 0.874. The minimum atomic E-state index is -0.0107. The second kappa shape index (κ2) is 7.03. The van der Waals surface area contributed by atoms with Gasteiger partial charge < -0.3 is 9.30 Å². The minimum absolute atomic E-state index is 0.0107. The van der Waals surface area contributed by atoms with Crippen LogP contribution in [0.5, 0.6) is 0 Å². The molecule has 4 nitrogen and oxygen atoms in total. The third kappa shape index (κ3) is 3.72. The first-order chi connectivity index (χ1) is 10.7. The molecule has 0 saturated carbocycles. The molecule has 3 rings (SSSR count). The maximum atomic E-state index is 12.3. The Balaban J connectivity index is 1.77. The monoisotopic (exact) mass is 316 g/mol. The van der Waals surface area contributed by atoms with Gasteiger partial charge in [-0.15, -0.1) is 11.3 Å². The number of aromatic nitrogens is 1. The molecular weight excluding hydrogens is 296 g/mol. The average Bonchev–Trinajstić information content (AvgIpc) is 2.97. The SMILES string of the molecule is Cc1ccc(Cn2ccsc2=NC(=O)C2CCOCC2)cc1. The van der Waals surface area contributed by atoms with Crippen molar-refractivity contribution in [2.24, 2.45) is 10.9 Å². The second-order valence-electron chi connectivity index (χ2n) is 5.64. The van der Waals surface area contributed by atoms with Crippen molar-refractivity contribution in [2.45, 2.75) is 26.3 Å². The van der Waals surface area contributed by atoms with E-state index in [4.69, 9.17) is 4.74 Å². The van der Waals surface area contributed by atoms with Gasteiger partial charge in [0, 0.05) is 37.3 Å². The highest BCUT2D eigenvalue weighted by molar-refractivity contribution is 7.07. The lowest BCUT2D eigenvalue weighted by atomic mass is 10.00. The zero-order chi connectivity index (χ0) is 15.4. The van der Waals surface area contributed by atoms with Crippen LogP contribution < -0.4 is 4.80 Å². The van der Waals surface area contributed by atoms with Crippen LogP contribution in [-0.2, 0) is 16.1 Å². The highest BCUT2D eigenvalue weighted by atomic mass is 32.1. The molecule has 1 saturated heterocycles. The number of hydrogen-bond donors (Lipinski definition) is 0. The topological polar surface area (TPSA) is 43.6 Å². The van der Waals surface area contributed by atoms with Crippen LogP contribution in [0.4, 0.5) is 0 Å². The Labute approximate surface area is 134 Å². The summed E-state index contributed by atoms with van der Waals surface area (Å²) in [6.45, 7) is 4.15. The van der Waals surface area contributed by atoms with Crippen LogP contribution in [0.15, 0.2) is 40.8 Å². The van der Waals surface area contributed by atoms with Crippen molar-refractivity contribution < 1.29 is 9.53 Å². The molecule has 1 amide bonds. The lowest BCUT2D eigenvalue weighted by Gasteiger charge is -2.18. The van der Waals surface area contributed by atoms with Crippen LogP contribution in [0.1, 0.15) is 24.0 Å². The van der Waals surface area contributed by atoms with Gasteiger partial charge in [0.05, 0.1) is 0 Å². The molecule has 116 valence electrons. The number of carbonyl (C=O) groups is 1. The summed E-state index contributed by atoms with van der Waals surface area (Å²) in [6, 6.07) is 8.44. The van der Waals surface area contributed by atoms with Gasteiger partial charge in [-0.1, -0.05) is 29.8 Å². The zero-order valence-electron chi connectivity index (χ0n) is 12.7. The standard InChI is InChI=1S/C17H20N2O2S/c1-13-2-4-14(5-3-13)12-19-8-11-22-17(19)18-16(20)15-6-9-21-10-7-15/h2-5,8,11,15H,6-7,9-10,12H2,1H3. The van der Waals surface area contributed by atoms with Crippen LogP contribution in [0, 0.1) is 12.8 Å². The summed E-state index contributed by atoms with van der Waals surface area (Å²) in [5.74, 6) is 0.00656. The Morgan fingerprint density at radius 3 is 2.77 bits per heavy atom. The van der Waals surface area contributed by atoms with E-state index < -0.39 is 0 Å². The molecule has 0 N–H and O–H groups in total. The van der Waals surface area contributed by atoms with Crippen molar-refractivity contribution in [1.29, 1.82) is 0 Å². The summed E-state index contributed by atoms with van der Waals surface area (Å²) in [5.41, 5.74) is 2.46. The molecule has 2 aromatic rings. The van der Waals surface area contributed by atoms with Crippen LogP contribution in [0.3, 0.4) is 0 Å². The fourth-order valence-electron chi connectivity index (χ4n) is 2.53. The van der Waals surface area contributed by atoms with Gasteiger partial charge in [0.15, 0.2) is 4.80 Å². The number of rotatable bonds is 3. The Kier molecular flexibility index (Phi) is 4.85. The summed E-state index contributed by atoms with van der Waals surface area (Å²) < 4.78 is 7.34. The number of amides is 1. The molecule has 0 unspecified atom stereocenters. The smallest absolute Gasteiger partial charge is 0.251 e. The Morgan fingerprint density at radius 2 is 2.05 bits per heavy atom. The van der Waals surface area contributed by atoms with Crippen molar-refractivity contribution in [3.8, 4) is 0 Å². The van der Waals surface area contributed by atoms with Gasteiger partial charge in [-0.2, -0.15) is 4.99 Å². The summed E-state index contributed by atoms with van der Waals surface area (Å²) in [6.07, 6.45) is 3.55. The van der Waals surface area contributed by atoms with E-state index in [1.54, 1.807) is 0 Å². The van der Waals surface area contributed by atoms with E-state index in [1.807, 2.05) is 16.1 Å². The summed E-state index contributed by atoms with van der Waals surface area (Å²) in [4.78, 5) is 17.4. The summed E-state index contributed by atoms with van der Waals surface area (Å²) in [5, 5.41) is 1.98. The number of nitrogens with zero attached hydrogens (tertiary/aromatic N) is 2.